The zero-order valence-corrected chi connectivity index (χ0v) is 13.5. The van der Waals surface area contributed by atoms with Gasteiger partial charge in [-0.3, -0.25) is 9.69 Å². The molecule has 6 heteroatoms. The summed E-state index contributed by atoms with van der Waals surface area (Å²) in [6.45, 7) is 0.198. The van der Waals surface area contributed by atoms with Gasteiger partial charge in [-0.15, -0.1) is 0 Å². The van der Waals surface area contributed by atoms with Gasteiger partial charge in [-0.25, -0.2) is 0 Å². The Balaban J connectivity index is 1.95. The monoisotopic (exact) mass is 330 g/mol. The highest BCUT2D eigenvalue weighted by molar-refractivity contribution is 6.39. The summed E-state index contributed by atoms with van der Waals surface area (Å²) >= 11 is 12.1. The molecule has 2 rings (SSSR count). The molecule has 2 unspecified atom stereocenters. The van der Waals surface area contributed by atoms with Crippen molar-refractivity contribution >= 4 is 34.8 Å². The number of anilines is 1. The first kappa shape index (κ1) is 16.6. The summed E-state index contributed by atoms with van der Waals surface area (Å²) in [4.78, 5) is 14.0. The van der Waals surface area contributed by atoms with Gasteiger partial charge in [0.15, 0.2) is 0 Å². The smallest absolute Gasteiger partial charge is 0.238 e. The molecule has 21 heavy (non-hydrogen) atoms. The maximum absolute atomic E-state index is 12.1. The van der Waals surface area contributed by atoms with Crippen LogP contribution in [0.25, 0.3) is 0 Å². The first-order valence-electron chi connectivity index (χ1n) is 7.11. The van der Waals surface area contributed by atoms with Gasteiger partial charge in [-0.2, -0.15) is 0 Å². The minimum absolute atomic E-state index is 0.0335. The quantitative estimate of drug-likeness (QED) is 0.891. The average molecular weight is 331 g/mol. The number of carbonyl (C=O) groups excluding carboxylic acids is 1. The van der Waals surface area contributed by atoms with E-state index in [1.807, 2.05) is 11.9 Å². The van der Waals surface area contributed by atoms with Crippen LogP contribution in [0.15, 0.2) is 18.2 Å². The number of para-hydroxylation sites is 1. The summed E-state index contributed by atoms with van der Waals surface area (Å²) in [5.74, 6) is -0.190. The molecule has 1 saturated carbocycles. The molecule has 1 aromatic carbocycles. The maximum Gasteiger partial charge on any atom is 0.238 e. The fourth-order valence-corrected chi connectivity index (χ4v) is 3.24. The van der Waals surface area contributed by atoms with Gasteiger partial charge >= 0.3 is 0 Å². The van der Waals surface area contributed by atoms with E-state index in [2.05, 4.69) is 5.32 Å². The molecule has 1 amide bonds. The predicted molar refractivity (Wildman–Crippen MR) is 86.0 cm³/mol. The molecule has 116 valence electrons. The van der Waals surface area contributed by atoms with E-state index in [9.17, 15) is 9.90 Å². The number of aliphatic hydroxyl groups excluding tert-OH is 1. The first-order chi connectivity index (χ1) is 9.99. The van der Waals surface area contributed by atoms with E-state index in [0.29, 0.717) is 15.7 Å². The van der Waals surface area contributed by atoms with Gasteiger partial charge < -0.3 is 10.4 Å². The number of benzene rings is 1. The Kier molecular flexibility index (Phi) is 5.88. The van der Waals surface area contributed by atoms with Crippen LogP contribution in [0.1, 0.15) is 25.7 Å². The molecule has 0 aliphatic heterocycles. The van der Waals surface area contributed by atoms with Gasteiger partial charge in [0.2, 0.25) is 5.91 Å². The van der Waals surface area contributed by atoms with Gasteiger partial charge in [-0.1, -0.05) is 42.1 Å². The van der Waals surface area contributed by atoms with E-state index in [1.165, 1.54) is 0 Å². The van der Waals surface area contributed by atoms with Crippen LogP contribution < -0.4 is 5.32 Å². The first-order valence-corrected chi connectivity index (χ1v) is 7.87. The van der Waals surface area contributed by atoms with E-state index in [0.717, 1.165) is 25.7 Å². The van der Waals surface area contributed by atoms with Crippen LogP contribution in [-0.4, -0.2) is 41.7 Å². The molecule has 1 fully saturated rings. The number of carbonyl (C=O) groups is 1. The van der Waals surface area contributed by atoms with Crippen LogP contribution in [-0.2, 0) is 4.79 Å². The van der Waals surface area contributed by atoms with Crippen molar-refractivity contribution in [2.24, 2.45) is 0 Å². The fourth-order valence-electron chi connectivity index (χ4n) is 2.75. The second-order valence-corrected chi connectivity index (χ2v) is 6.29. The molecule has 1 aromatic rings. The number of aliphatic hydroxyl groups is 1. The van der Waals surface area contributed by atoms with Crippen molar-refractivity contribution in [2.45, 2.75) is 37.8 Å². The summed E-state index contributed by atoms with van der Waals surface area (Å²) in [7, 11) is 1.85. The van der Waals surface area contributed by atoms with Gasteiger partial charge in [0.05, 0.1) is 28.4 Å². The fraction of sp³-hybridized carbons (Fsp3) is 0.533. The Morgan fingerprint density at radius 2 is 1.95 bits per heavy atom. The molecule has 0 heterocycles. The number of amides is 1. The summed E-state index contributed by atoms with van der Waals surface area (Å²) < 4.78 is 0. The minimum atomic E-state index is -0.361. The Bertz CT molecular complexity index is 490. The Labute approximate surface area is 135 Å². The van der Waals surface area contributed by atoms with Crippen molar-refractivity contribution in [1.29, 1.82) is 0 Å². The topological polar surface area (TPSA) is 52.6 Å². The highest BCUT2D eigenvalue weighted by Gasteiger charge is 2.27. The van der Waals surface area contributed by atoms with E-state index in [1.54, 1.807) is 18.2 Å². The molecule has 0 aromatic heterocycles. The zero-order valence-electron chi connectivity index (χ0n) is 12.0. The van der Waals surface area contributed by atoms with Crippen LogP contribution in [0.3, 0.4) is 0 Å². The molecule has 0 spiro atoms. The second kappa shape index (κ2) is 7.45. The number of nitrogens with one attached hydrogen (secondary N) is 1. The molecule has 0 bridgehead atoms. The minimum Gasteiger partial charge on any atom is -0.391 e. The predicted octanol–water partition coefficient (Wildman–Crippen LogP) is 3.17. The molecule has 2 atom stereocenters. The van der Waals surface area contributed by atoms with Crippen LogP contribution in [0, 0.1) is 0 Å². The molecular formula is C15H20Cl2N2O2. The van der Waals surface area contributed by atoms with E-state index < -0.39 is 0 Å². The summed E-state index contributed by atoms with van der Waals surface area (Å²) in [5, 5.41) is 13.6. The summed E-state index contributed by atoms with van der Waals surface area (Å²) in [6.07, 6.45) is 3.49. The van der Waals surface area contributed by atoms with Crippen LogP contribution in [0.5, 0.6) is 0 Å². The Morgan fingerprint density at radius 1 is 1.33 bits per heavy atom. The SMILES string of the molecule is CN(CC(=O)Nc1c(Cl)cccc1Cl)C1CCCCC1O. The zero-order chi connectivity index (χ0) is 15.4. The normalized spacial score (nSPS) is 22.3. The van der Waals surface area contributed by atoms with Gasteiger partial charge in [0, 0.05) is 6.04 Å². The van der Waals surface area contributed by atoms with Crippen molar-refractivity contribution in [1.82, 2.24) is 4.90 Å². The molecule has 2 N–H and O–H groups in total. The maximum atomic E-state index is 12.1. The lowest BCUT2D eigenvalue weighted by Crippen LogP contribution is -2.46. The summed E-state index contributed by atoms with van der Waals surface area (Å²) in [6, 6.07) is 5.12. The third-order valence-corrected chi connectivity index (χ3v) is 4.51. The third-order valence-electron chi connectivity index (χ3n) is 3.88. The number of hydrogen-bond acceptors (Lipinski definition) is 3. The highest BCUT2D eigenvalue weighted by atomic mass is 35.5. The lowest BCUT2D eigenvalue weighted by Gasteiger charge is -2.34. The van der Waals surface area contributed by atoms with Crippen molar-refractivity contribution in [3.05, 3.63) is 28.2 Å². The van der Waals surface area contributed by atoms with Crippen LogP contribution >= 0.6 is 23.2 Å². The van der Waals surface area contributed by atoms with Crippen molar-refractivity contribution in [3.8, 4) is 0 Å². The van der Waals surface area contributed by atoms with Crippen LogP contribution in [0.4, 0.5) is 5.69 Å². The van der Waals surface area contributed by atoms with Crippen molar-refractivity contribution in [2.75, 3.05) is 18.9 Å². The third kappa shape index (κ3) is 4.33. The van der Waals surface area contributed by atoms with Crippen molar-refractivity contribution < 1.29 is 9.90 Å². The molecule has 0 radical (unpaired) electrons. The average Bonchev–Trinajstić information content (AvgIpc) is 2.43. The number of nitrogens with zero attached hydrogens (tertiary/aromatic N) is 1. The van der Waals surface area contributed by atoms with Crippen molar-refractivity contribution in [3.63, 3.8) is 0 Å². The van der Waals surface area contributed by atoms with Gasteiger partial charge in [-0.05, 0) is 32.0 Å². The Morgan fingerprint density at radius 3 is 2.57 bits per heavy atom. The number of halogens is 2. The molecule has 0 saturated heterocycles. The number of rotatable bonds is 4. The van der Waals surface area contributed by atoms with Gasteiger partial charge in [0.25, 0.3) is 0 Å². The standard InChI is InChI=1S/C15H20Cl2N2O2/c1-19(12-7-2-3-8-13(12)20)9-14(21)18-15-10(16)5-4-6-11(15)17/h4-6,12-13,20H,2-3,7-9H2,1H3,(H,18,21). The lowest BCUT2D eigenvalue weighted by atomic mass is 9.91. The second-order valence-electron chi connectivity index (χ2n) is 5.48. The van der Waals surface area contributed by atoms with E-state index in [4.69, 9.17) is 23.2 Å². The largest absolute Gasteiger partial charge is 0.391 e. The highest BCUT2D eigenvalue weighted by Crippen LogP contribution is 2.30. The molecular weight excluding hydrogens is 311 g/mol. The number of likely N-dealkylation sites (N-methyl/N-ethyl adjacent to an activating group) is 1. The molecule has 1 aliphatic rings. The van der Waals surface area contributed by atoms with E-state index in [-0.39, 0.29) is 24.6 Å². The van der Waals surface area contributed by atoms with Gasteiger partial charge in [0.1, 0.15) is 0 Å². The molecule has 1 aliphatic carbocycles. The lowest BCUT2D eigenvalue weighted by molar-refractivity contribution is -0.118. The summed E-state index contributed by atoms with van der Waals surface area (Å²) in [5.41, 5.74) is 0.434. The van der Waals surface area contributed by atoms with Crippen LogP contribution in [0.2, 0.25) is 10.0 Å². The molecule has 4 nitrogen and oxygen atoms in total. The van der Waals surface area contributed by atoms with E-state index >= 15 is 0 Å². The Hall–Kier alpha value is -0.810. The number of hydrogen-bond donors (Lipinski definition) is 2.